The zero-order valence-corrected chi connectivity index (χ0v) is 15.7. The second kappa shape index (κ2) is 8.22. The van der Waals surface area contributed by atoms with Crippen molar-refractivity contribution in [2.45, 2.75) is 20.6 Å². The topological polar surface area (TPSA) is 123 Å². The van der Waals surface area contributed by atoms with Gasteiger partial charge >= 0.3 is 0 Å². The first-order valence-corrected chi connectivity index (χ1v) is 8.61. The minimum atomic E-state index is -0.607. The summed E-state index contributed by atoms with van der Waals surface area (Å²) in [7, 11) is 0. The van der Waals surface area contributed by atoms with Crippen molar-refractivity contribution >= 4 is 17.3 Å². The predicted molar refractivity (Wildman–Crippen MR) is 105 cm³/mol. The molecule has 0 saturated carbocycles. The molecule has 3 aromatic rings. The van der Waals surface area contributed by atoms with E-state index in [0.29, 0.717) is 0 Å². The zero-order valence-electron chi connectivity index (χ0n) is 15.7. The number of non-ortho nitro benzene ring substituents is 1. The van der Waals surface area contributed by atoms with Crippen molar-refractivity contribution < 1.29 is 14.5 Å². The van der Waals surface area contributed by atoms with Crippen LogP contribution in [0.15, 0.2) is 48.7 Å². The average molecular weight is 391 g/mol. The van der Waals surface area contributed by atoms with Crippen LogP contribution in [-0.4, -0.2) is 20.6 Å². The number of rotatable bonds is 6. The molecule has 29 heavy (non-hydrogen) atoms. The summed E-state index contributed by atoms with van der Waals surface area (Å²) in [5.74, 6) is 0.192. The summed E-state index contributed by atoms with van der Waals surface area (Å²) in [6, 6.07) is 12.9. The summed E-state index contributed by atoms with van der Waals surface area (Å²) >= 11 is 0. The van der Waals surface area contributed by atoms with E-state index in [0.717, 1.165) is 22.9 Å². The van der Waals surface area contributed by atoms with Gasteiger partial charge in [0, 0.05) is 18.3 Å². The minimum Gasteiger partial charge on any atom is -0.471 e. The Kier molecular flexibility index (Phi) is 5.55. The molecule has 2 aromatic carbocycles. The number of aryl methyl sites for hydroxylation is 2. The Morgan fingerprint density at radius 3 is 2.79 bits per heavy atom. The summed E-state index contributed by atoms with van der Waals surface area (Å²) < 4.78 is 7.22. The fraction of sp³-hybridized carbons (Fsp3) is 0.150. The first-order valence-electron chi connectivity index (χ1n) is 8.61. The van der Waals surface area contributed by atoms with Crippen LogP contribution in [0.5, 0.6) is 5.75 Å². The molecule has 0 fully saturated rings. The lowest BCUT2D eigenvalue weighted by Gasteiger charge is -2.10. The number of benzene rings is 2. The number of hydrogen-bond acceptors (Lipinski definition) is 6. The molecule has 0 unspecified atom stereocenters. The summed E-state index contributed by atoms with van der Waals surface area (Å²) in [5.41, 5.74) is 2.12. The van der Waals surface area contributed by atoms with Gasteiger partial charge in [-0.3, -0.25) is 14.9 Å². The number of aromatic nitrogens is 2. The lowest BCUT2D eigenvalue weighted by molar-refractivity contribution is -0.384. The maximum atomic E-state index is 12.4. The van der Waals surface area contributed by atoms with Gasteiger partial charge in [-0.15, -0.1) is 0 Å². The Morgan fingerprint density at radius 1 is 1.28 bits per heavy atom. The predicted octanol–water partition coefficient (Wildman–Crippen LogP) is 3.57. The number of nitro benzene ring substituents is 1. The van der Waals surface area contributed by atoms with Gasteiger partial charge < -0.3 is 10.1 Å². The number of nitrogens with one attached hydrogen (secondary N) is 1. The molecule has 1 amide bonds. The van der Waals surface area contributed by atoms with Crippen molar-refractivity contribution in [3.05, 3.63) is 81.2 Å². The molecule has 1 aromatic heterocycles. The van der Waals surface area contributed by atoms with Gasteiger partial charge in [-0.1, -0.05) is 12.1 Å². The Balaban J connectivity index is 1.69. The van der Waals surface area contributed by atoms with Gasteiger partial charge in [0.25, 0.3) is 11.6 Å². The van der Waals surface area contributed by atoms with Gasteiger partial charge in [-0.2, -0.15) is 10.4 Å². The molecule has 0 aliphatic carbocycles. The van der Waals surface area contributed by atoms with E-state index in [1.807, 2.05) is 38.1 Å². The highest BCUT2D eigenvalue weighted by Crippen LogP contribution is 2.22. The number of nitrogens with zero attached hydrogens (tertiary/aromatic N) is 4. The molecule has 0 radical (unpaired) electrons. The van der Waals surface area contributed by atoms with Crippen molar-refractivity contribution in [3.8, 4) is 11.8 Å². The third kappa shape index (κ3) is 4.56. The lowest BCUT2D eigenvalue weighted by atomic mass is 10.1. The summed E-state index contributed by atoms with van der Waals surface area (Å²) in [5, 5.41) is 26.7. The van der Waals surface area contributed by atoms with Gasteiger partial charge in [-0.25, -0.2) is 4.68 Å². The van der Waals surface area contributed by atoms with Gasteiger partial charge in [0.1, 0.15) is 11.8 Å². The van der Waals surface area contributed by atoms with E-state index in [2.05, 4.69) is 10.4 Å². The molecule has 146 valence electrons. The van der Waals surface area contributed by atoms with Crippen LogP contribution < -0.4 is 10.1 Å². The van der Waals surface area contributed by atoms with Crippen LogP contribution in [0.2, 0.25) is 0 Å². The molecule has 3 rings (SSSR count). The lowest BCUT2D eigenvalue weighted by Crippen LogP contribution is -2.15. The standard InChI is InChI=1S/C20H17N5O4/c1-13-3-4-14(2)19(9-13)29-12-24-8-7-18(23-24)20(26)22-17-6-5-16(25(27)28)10-15(17)11-21/h3-10H,12H2,1-2H3,(H,22,26). The zero-order chi connectivity index (χ0) is 21.0. The van der Waals surface area contributed by atoms with Crippen LogP contribution in [0.1, 0.15) is 27.2 Å². The van der Waals surface area contributed by atoms with Crippen LogP contribution in [-0.2, 0) is 6.73 Å². The van der Waals surface area contributed by atoms with Gasteiger partial charge in [0.15, 0.2) is 12.4 Å². The molecule has 0 aliphatic heterocycles. The quantitative estimate of drug-likeness (QED) is 0.506. The Labute approximate surface area is 166 Å². The molecular weight excluding hydrogens is 374 g/mol. The minimum absolute atomic E-state index is 0.00904. The monoisotopic (exact) mass is 391 g/mol. The number of amides is 1. The van der Waals surface area contributed by atoms with Crippen molar-refractivity contribution in [1.82, 2.24) is 9.78 Å². The maximum absolute atomic E-state index is 12.4. The molecular formula is C20H17N5O4. The van der Waals surface area contributed by atoms with E-state index in [1.54, 1.807) is 6.20 Å². The summed E-state index contributed by atoms with van der Waals surface area (Å²) in [6.07, 6.45) is 1.60. The third-order valence-electron chi connectivity index (χ3n) is 4.15. The first-order chi connectivity index (χ1) is 13.9. The molecule has 0 atom stereocenters. The summed E-state index contributed by atoms with van der Waals surface area (Å²) in [4.78, 5) is 22.6. The van der Waals surface area contributed by atoms with Crippen LogP contribution in [0, 0.1) is 35.3 Å². The SMILES string of the molecule is Cc1ccc(C)c(OCn2ccc(C(=O)Nc3ccc([N+](=O)[O-])cc3C#N)n2)c1. The van der Waals surface area contributed by atoms with Crippen LogP contribution in [0.3, 0.4) is 0 Å². The highest BCUT2D eigenvalue weighted by molar-refractivity contribution is 6.03. The van der Waals surface area contributed by atoms with E-state index < -0.39 is 10.8 Å². The number of carbonyl (C=O) groups is 1. The van der Waals surface area contributed by atoms with E-state index in [9.17, 15) is 20.2 Å². The molecule has 9 heteroatoms. The average Bonchev–Trinajstić information content (AvgIpc) is 3.18. The Morgan fingerprint density at radius 2 is 2.07 bits per heavy atom. The second-order valence-electron chi connectivity index (χ2n) is 6.34. The third-order valence-corrected chi connectivity index (χ3v) is 4.15. The summed E-state index contributed by atoms with van der Waals surface area (Å²) in [6.45, 7) is 4.03. The number of carbonyl (C=O) groups excluding carboxylic acids is 1. The highest BCUT2D eigenvalue weighted by Gasteiger charge is 2.15. The maximum Gasteiger partial charge on any atom is 0.276 e. The smallest absolute Gasteiger partial charge is 0.276 e. The van der Waals surface area contributed by atoms with E-state index in [4.69, 9.17) is 4.74 Å². The molecule has 0 saturated heterocycles. The van der Waals surface area contributed by atoms with E-state index in [-0.39, 0.29) is 29.4 Å². The van der Waals surface area contributed by atoms with Crippen molar-refractivity contribution in [2.24, 2.45) is 0 Å². The van der Waals surface area contributed by atoms with Crippen LogP contribution >= 0.6 is 0 Å². The fourth-order valence-corrected chi connectivity index (χ4v) is 2.59. The number of nitriles is 1. The number of ether oxygens (including phenoxy) is 1. The Bertz CT molecular complexity index is 1130. The van der Waals surface area contributed by atoms with Crippen LogP contribution in [0.4, 0.5) is 11.4 Å². The van der Waals surface area contributed by atoms with Gasteiger partial charge in [-0.05, 0) is 43.2 Å². The Hall–Kier alpha value is -4.19. The first kappa shape index (κ1) is 19.6. The van der Waals surface area contributed by atoms with Crippen molar-refractivity contribution in [3.63, 3.8) is 0 Å². The normalized spacial score (nSPS) is 10.2. The van der Waals surface area contributed by atoms with Crippen molar-refractivity contribution in [1.29, 1.82) is 5.26 Å². The molecule has 9 nitrogen and oxygen atoms in total. The molecule has 0 aliphatic rings. The van der Waals surface area contributed by atoms with Gasteiger partial charge in [0.05, 0.1) is 16.2 Å². The fourth-order valence-electron chi connectivity index (χ4n) is 2.59. The van der Waals surface area contributed by atoms with Crippen molar-refractivity contribution in [2.75, 3.05) is 5.32 Å². The molecule has 0 bridgehead atoms. The second-order valence-corrected chi connectivity index (χ2v) is 6.34. The number of anilines is 1. The van der Waals surface area contributed by atoms with E-state index >= 15 is 0 Å². The largest absolute Gasteiger partial charge is 0.471 e. The van der Waals surface area contributed by atoms with Gasteiger partial charge in [0.2, 0.25) is 0 Å². The van der Waals surface area contributed by atoms with E-state index in [1.165, 1.54) is 22.9 Å². The van der Waals surface area contributed by atoms with Crippen LogP contribution in [0.25, 0.3) is 0 Å². The number of hydrogen-bond donors (Lipinski definition) is 1. The molecule has 1 N–H and O–H groups in total. The molecule has 1 heterocycles. The molecule has 0 spiro atoms. The number of nitro groups is 1. The highest BCUT2D eigenvalue weighted by atomic mass is 16.6.